The minimum Gasteiger partial charge on any atom is -0.352 e. The van der Waals surface area contributed by atoms with E-state index in [0.29, 0.717) is 11.4 Å². The SMILES string of the molecule is NNc1ccc(C(=O)NCCCS(N)(=O)=O)cn1. The van der Waals surface area contributed by atoms with Gasteiger partial charge >= 0.3 is 0 Å². The standard InChI is InChI=1S/C9H15N5O3S/c10-14-8-3-2-7(6-13-8)9(15)12-4-1-5-18(11,16)17/h2-3,6H,1,4-5,10H2,(H,12,15)(H,13,14)(H2,11,16,17). The van der Waals surface area contributed by atoms with Gasteiger partial charge in [-0.1, -0.05) is 0 Å². The van der Waals surface area contributed by atoms with Gasteiger partial charge in [0.25, 0.3) is 5.91 Å². The minimum atomic E-state index is -3.48. The van der Waals surface area contributed by atoms with Crippen LogP contribution in [-0.4, -0.2) is 31.6 Å². The molecule has 0 saturated carbocycles. The molecule has 0 aromatic carbocycles. The van der Waals surface area contributed by atoms with Crippen LogP contribution in [0.15, 0.2) is 18.3 Å². The molecule has 0 saturated heterocycles. The molecule has 18 heavy (non-hydrogen) atoms. The van der Waals surface area contributed by atoms with Crippen molar-refractivity contribution in [2.75, 3.05) is 17.7 Å². The molecule has 0 spiro atoms. The van der Waals surface area contributed by atoms with Crippen molar-refractivity contribution in [3.05, 3.63) is 23.9 Å². The van der Waals surface area contributed by atoms with Crippen LogP contribution in [0.25, 0.3) is 0 Å². The molecule has 0 fully saturated rings. The third-order valence-corrected chi connectivity index (χ3v) is 2.92. The second kappa shape index (κ2) is 6.28. The average molecular weight is 273 g/mol. The van der Waals surface area contributed by atoms with Crippen LogP contribution >= 0.6 is 0 Å². The number of anilines is 1. The second-order valence-electron chi connectivity index (χ2n) is 3.55. The lowest BCUT2D eigenvalue weighted by Crippen LogP contribution is -2.27. The Kier molecular flexibility index (Phi) is 5.01. The maximum atomic E-state index is 11.6. The highest BCUT2D eigenvalue weighted by atomic mass is 32.2. The van der Waals surface area contributed by atoms with Crippen LogP contribution in [0.4, 0.5) is 5.82 Å². The molecule has 100 valence electrons. The van der Waals surface area contributed by atoms with Gasteiger partial charge < -0.3 is 10.7 Å². The minimum absolute atomic E-state index is 0.165. The molecule has 0 atom stereocenters. The number of rotatable bonds is 6. The second-order valence-corrected chi connectivity index (χ2v) is 5.29. The lowest BCUT2D eigenvalue weighted by molar-refractivity contribution is 0.0953. The topological polar surface area (TPSA) is 140 Å². The van der Waals surface area contributed by atoms with Crippen LogP contribution in [0.3, 0.4) is 0 Å². The van der Waals surface area contributed by atoms with Crippen molar-refractivity contribution in [2.24, 2.45) is 11.0 Å². The summed E-state index contributed by atoms with van der Waals surface area (Å²) >= 11 is 0. The van der Waals surface area contributed by atoms with Crippen LogP contribution in [0, 0.1) is 0 Å². The van der Waals surface area contributed by atoms with Gasteiger partial charge in [0.2, 0.25) is 10.0 Å². The van der Waals surface area contributed by atoms with Gasteiger partial charge in [0.1, 0.15) is 5.82 Å². The Hall–Kier alpha value is -1.71. The number of carbonyl (C=O) groups is 1. The number of hydrazine groups is 1. The average Bonchev–Trinajstić information content (AvgIpc) is 2.33. The summed E-state index contributed by atoms with van der Waals surface area (Å²) in [5, 5.41) is 7.38. The van der Waals surface area contributed by atoms with E-state index in [9.17, 15) is 13.2 Å². The van der Waals surface area contributed by atoms with E-state index >= 15 is 0 Å². The molecule has 0 radical (unpaired) electrons. The van der Waals surface area contributed by atoms with Gasteiger partial charge in [0, 0.05) is 12.7 Å². The Morgan fingerprint density at radius 2 is 2.11 bits per heavy atom. The van der Waals surface area contributed by atoms with E-state index in [2.05, 4.69) is 15.7 Å². The first-order valence-electron chi connectivity index (χ1n) is 5.14. The molecule has 1 rings (SSSR count). The Bertz CT molecular complexity index is 499. The number of nitrogen functional groups attached to an aromatic ring is 1. The van der Waals surface area contributed by atoms with Crippen molar-refractivity contribution >= 4 is 21.7 Å². The summed E-state index contributed by atoms with van der Waals surface area (Å²) in [6, 6.07) is 3.11. The molecule has 0 unspecified atom stereocenters. The van der Waals surface area contributed by atoms with Crippen LogP contribution in [-0.2, 0) is 10.0 Å². The quantitative estimate of drug-likeness (QED) is 0.291. The summed E-state index contributed by atoms with van der Waals surface area (Å²) in [5.74, 6) is 5.08. The number of aromatic nitrogens is 1. The Labute approximate surface area is 105 Å². The van der Waals surface area contributed by atoms with Gasteiger partial charge in [0.05, 0.1) is 11.3 Å². The van der Waals surface area contributed by atoms with E-state index in [4.69, 9.17) is 11.0 Å². The van der Waals surface area contributed by atoms with E-state index in [1.165, 1.54) is 6.20 Å². The smallest absolute Gasteiger partial charge is 0.252 e. The number of carbonyl (C=O) groups excluding carboxylic acids is 1. The summed E-state index contributed by atoms with van der Waals surface area (Å²) in [4.78, 5) is 15.5. The normalized spacial score (nSPS) is 11.0. The number of pyridine rings is 1. The highest BCUT2D eigenvalue weighted by Crippen LogP contribution is 2.03. The molecule has 6 N–H and O–H groups in total. The predicted molar refractivity (Wildman–Crippen MR) is 67.0 cm³/mol. The number of sulfonamides is 1. The summed E-state index contributed by atoms with van der Waals surface area (Å²) in [5.41, 5.74) is 2.70. The lowest BCUT2D eigenvalue weighted by Gasteiger charge is -2.05. The van der Waals surface area contributed by atoms with Crippen LogP contribution in [0.2, 0.25) is 0 Å². The lowest BCUT2D eigenvalue weighted by atomic mass is 10.2. The van der Waals surface area contributed by atoms with Gasteiger partial charge in [-0.25, -0.2) is 24.4 Å². The summed E-state index contributed by atoms with van der Waals surface area (Å²) in [7, 11) is -3.48. The van der Waals surface area contributed by atoms with Gasteiger partial charge in [-0.3, -0.25) is 4.79 Å². The Morgan fingerprint density at radius 3 is 2.61 bits per heavy atom. The van der Waals surface area contributed by atoms with Crippen molar-refractivity contribution in [1.29, 1.82) is 0 Å². The molecule has 9 heteroatoms. The van der Waals surface area contributed by atoms with Crippen molar-refractivity contribution in [3.8, 4) is 0 Å². The van der Waals surface area contributed by atoms with Crippen molar-refractivity contribution in [3.63, 3.8) is 0 Å². The number of nitrogens with one attached hydrogen (secondary N) is 2. The molecule has 0 bridgehead atoms. The fraction of sp³-hybridized carbons (Fsp3) is 0.333. The predicted octanol–water partition coefficient (Wildman–Crippen LogP) is -1.22. The van der Waals surface area contributed by atoms with Crippen LogP contribution < -0.4 is 21.7 Å². The number of primary sulfonamides is 1. The van der Waals surface area contributed by atoms with Crippen LogP contribution in [0.1, 0.15) is 16.8 Å². The van der Waals surface area contributed by atoms with E-state index in [1.807, 2.05) is 0 Å². The number of nitrogens with zero attached hydrogens (tertiary/aromatic N) is 1. The van der Waals surface area contributed by atoms with Crippen molar-refractivity contribution < 1.29 is 13.2 Å². The largest absolute Gasteiger partial charge is 0.352 e. The molecule has 1 aromatic rings. The van der Waals surface area contributed by atoms with E-state index in [0.717, 1.165) is 0 Å². The number of hydrogen-bond acceptors (Lipinski definition) is 6. The first-order valence-corrected chi connectivity index (χ1v) is 6.85. The number of nitrogens with two attached hydrogens (primary N) is 2. The fourth-order valence-electron chi connectivity index (χ4n) is 1.19. The fourth-order valence-corrected chi connectivity index (χ4v) is 1.74. The van der Waals surface area contributed by atoms with Crippen LogP contribution in [0.5, 0.6) is 0 Å². The molecule has 1 aromatic heterocycles. The first-order chi connectivity index (χ1) is 8.42. The molecule has 0 aliphatic rings. The van der Waals surface area contributed by atoms with Crippen molar-refractivity contribution in [1.82, 2.24) is 10.3 Å². The monoisotopic (exact) mass is 273 g/mol. The zero-order valence-electron chi connectivity index (χ0n) is 9.59. The molecule has 8 nitrogen and oxygen atoms in total. The van der Waals surface area contributed by atoms with E-state index in [-0.39, 0.29) is 24.6 Å². The van der Waals surface area contributed by atoms with E-state index in [1.54, 1.807) is 12.1 Å². The highest BCUT2D eigenvalue weighted by molar-refractivity contribution is 7.89. The molecule has 0 aliphatic carbocycles. The zero-order valence-corrected chi connectivity index (χ0v) is 10.4. The third kappa shape index (κ3) is 5.08. The summed E-state index contributed by atoms with van der Waals surface area (Å²) in [6.45, 7) is 0.228. The van der Waals surface area contributed by atoms with Crippen molar-refractivity contribution in [2.45, 2.75) is 6.42 Å². The molecular weight excluding hydrogens is 258 g/mol. The first kappa shape index (κ1) is 14.4. The van der Waals surface area contributed by atoms with Gasteiger partial charge in [0.15, 0.2) is 0 Å². The van der Waals surface area contributed by atoms with Gasteiger partial charge in [-0.2, -0.15) is 0 Å². The molecule has 0 aliphatic heterocycles. The van der Waals surface area contributed by atoms with Gasteiger partial charge in [-0.05, 0) is 18.6 Å². The number of amides is 1. The maximum Gasteiger partial charge on any atom is 0.252 e. The summed E-state index contributed by atoms with van der Waals surface area (Å²) in [6.07, 6.45) is 1.63. The van der Waals surface area contributed by atoms with E-state index < -0.39 is 10.0 Å². The zero-order chi connectivity index (χ0) is 13.6. The Morgan fingerprint density at radius 1 is 1.39 bits per heavy atom. The Balaban J connectivity index is 2.40. The molecule has 1 heterocycles. The highest BCUT2D eigenvalue weighted by Gasteiger charge is 2.06. The maximum absolute atomic E-state index is 11.6. The number of hydrogen-bond donors (Lipinski definition) is 4. The van der Waals surface area contributed by atoms with Gasteiger partial charge in [-0.15, -0.1) is 0 Å². The third-order valence-electron chi connectivity index (χ3n) is 2.06. The molecular formula is C9H15N5O3S. The summed E-state index contributed by atoms with van der Waals surface area (Å²) < 4.78 is 21.3. The molecule has 1 amide bonds.